The topological polar surface area (TPSA) is 96.6 Å². The van der Waals surface area contributed by atoms with Gasteiger partial charge in [0, 0.05) is 11.9 Å². The van der Waals surface area contributed by atoms with E-state index < -0.39 is 28.6 Å². The van der Waals surface area contributed by atoms with Gasteiger partial charge >= 0.3 is 11.9 Å². The van der Waals surface area contributed by atoms with Crippen LogP contribution in [0.5, 0.6) is 0 Å². The molecule has 0 aliphatic carbocycles. The fourth-order valence-electron chi connectivity index (χ4n) is 2.65. The molecule has 0 saturated heterocycles. The average molecular weight is 335 g/mol. The second-order valence-corrected chi connectivity index (χ2v) is 5.28. The predicted octanol–water partition coefficient (Wildman–Crippen LogP) is 2.90. The minimum Gasteiger partial charge on any atom is -0.478 e. The molecule has 0 aliphatic heterocycles. The number of carboxylic acid groups (broad SMARTS) is 2. The van der Waals surface area contributed by atoms with Crippen molar-refractivity contribution in [2.75, 3.05) is 0 Å². The van der Waals surface area contributed by atoms with Gasteiger partial charge in [0.15, 0.2) is 0 Å². The number of para-hydroxylation sites is 1. The first-order valence-corrected chi connectivity index (χ1v) is 7.38. The third-order valence-corrected chi connectivity index (χ3v) is 3.75. The Morgan fingerprint density at radius 3 is 1.88 bits per heavy atom. The highest BCUT2D eigenvalue weighted by Gasteiger charge is 2.26. The van der Waals surface area contributed by atoms with E-state index in [0.717, 1.165) is 10.8 Å². The Labute approximate surface area is 142 Å². The third kappa shape index (κ3) is 2.92. The summed E-state index contributed by atoms with van der Waals surface area (Å²) in [6.07, 6.45) is 1.05. The van der Waals surface area contributed by atoms with E-state index in [1.165, 1.54) is 0 Å². The quantitative estimate of drug-likeness (QED) is 0.764. The number of aromatic carboxylic acids is 2. The van der Waals surface area contributed by atoms with Crippen molar-refractivity contribution in [2.24, 2.45) is 0 Å². The van der Waals surface area contributed by atoms with Crippen molar-refractivity contribution in [3.8, 4) is 16.8 Å². The fourth-order valence-corrected chi connectivity index (χ4v) is 2.65. The molecule has 0 unspecified atom stereocenters. The Morgan fingerprint density at radius 1 is 0.800 bits per heavy atom. The van der Waals surface area contributed by atoms with E-state index in [1.54, 1.807) is 60.7 Å². The van der Waals surface area contributed by atoms with Gasteiger partial charge in [-0.1, -0.05) is 48.5 Å². The van der Waals surface area contributed by atoms with Crippen LogP contribution in [0, 0.1) is 0 Å². The zero-order valence-corrected chi connectivity index (χ0v) is 12.9. The first-order chi connectivity index (χ1) is 12.0. The summed E-state index contributed by atoms with van der Waals surface area (Å²) in [5.74, 6) is -2.88. The average Bonchev–Trinajstić information content (AvgIpc) is 2.62. The molecule has 0 amide bonds. The molecule has 6 nitrogen and oxygen atoms in total. The second kappa shape index (κ2) is 6.45. The molecule has 0 saturated carbocycles. The standard InChI is InChI=1S/C19H13NO5/c21-17-15(12-7-3-1-4-8-12)16(19(24)25)14(18(22)23)11-20(17)13-9-5-2-6-10-13/h1-11H,(H,22,23)(H,24,25). The normalized spacial score (nSPS) is 10.4. The first kappa shape index (κ1) is 16.2. The molecule has 124 valence electrons. The van der Waals surface area contributed by atoms with Crippen LogP contribution in [0.1, 0.15) is 20.7 Å². The van der Waals surface area contributed by atoms with Gasteiger partial charge in [-0.3, -0.25) is 9.36 Å². The summed E-state index contributed by atoms with van der Waals surface area (Å²) in [5.41, 5.74) is -0.927. The number of rotatable bonds is 4. The highest BCUT2D eigenvalue weighted by Crippen LogP contribution is 2.24. The molecule has 2 aromatic carbocycles. The van der Waals surface area contributed by atoms with Crippen molar-refractivity contribution in [3.63, 3.8) is 0 Å². The van der Waals surface area contributed by atoms with Gasteiger partial charge in [-0.15, -0.1) is 0 Å². The summed E-state index contributed by atoms with van der Waals surface area (Å²) < 4.78 is 1.15. The Kier molecular flexibility index (Phi) is 4.18. The van der Waals surface area contributed by atoms with Gasteiger partial charge in [0.05, 0.1) is 16.7 Å². The SMILES string of the molecule is O=C(O)c1cn(-c2ccccc2)c(=O)c(-c2ccccc2)c1C(=O)O. The molecule has 2 N–H and O–H groups in total. The summed E-state index contributed by atoms with van der Waals surface area (Å²) in [5, 5.41) is 19.0. The molecule has 1 aromatic heterocycles. The van der Waals surface area contributed by atoms with E-state index in [9.17, 15) is 24.6 Å². The number of hydrogen-bond donors (Lipinski definition) is 2. The number of pyridine rings is 1. The van der Waals surface area contributed by atoms with Crippen molar-refractivity contribution in [3.05, 3.63) is 88.3 Å². The van der Waals surface area contributed by atoms with Gasteiger partial charge in [0.25, 0.3) is 5.56 Å². The van der Waals surface area contributed by atoms with Crippen molar-refractivity contribution < 1.29 is 19.8 Å². The molecule has 0 atom stereocenters. The number of carbonyl (C=O) groups is 2. The second-order valence-electron chi connectivity index (χ2n) is 5.28. The van der Waals surface area contributed by atoms with Crippen LogP contribution in [0.4, 0.5) is 0 Å². The van der Waals surface area contributed by atoms with Gasteiger partial charge in [-0.05, 0) is 17.7 Å². The zero-order chi connectivity index (χ0) is 18.0. The lowest BCUT2D eigenvalue weighted by Crippen LogP contribution is -2.26. The van der Waals surface area contributed by atoms with Crippen molar-refractivity contribution >= 4 is 11.9 Å². The maximum atomic E-state index is 13.0. The number of nitrogens with zero attached hydrogens (tertiary/aromatic N) is 1. The van der Waals surface area contributed by atoms with Crippen LogP contribution < -0.4 is 5.56 Å². The van der Waals surface area contributed by atoms with E-state index in [1.807, 2.05) is 0 Å². The maximum Gasteiger partial charge on any atom is 0.338 e. The van der Waals surface area contributed by atoms with Crippen LogP contribution in [0.25, 0.3) is 16.8 Å². The summed E-state index contributed by atoms with van der Waals surface area (Å²) >= 11 is 0. The van der Waals surface area contributed by atoms with E-state index in [-0.39, 0.29) is 5.56 Å². The summed E-state index contributed by atoms with van der Waals surface area (Å²) in [6.45, 7) is 0. The van der Waals surface area contributed by atoms with E-state index in [4.69, 9.17) is 0 Å². The van der Waals surface area contributed by atoms with Gasteiger partial charge < -0.3 is 10.2 Å². The molecule has 0 fully saturated rings. The molecule has 0 bridgehead atoms. The molecule has 25 heavy (non-hydrogen) atoms. The van der Waals surface area contributed by atoms with Crippen LogP contribution in [0.3, 0.4) is 0 Å². The van der Waals surface area contributed by atoms with Crippen LogP contribution in [-0.2, 0) is 0 Å². The number of hydrogen-bond acceptors (Lipinski definition) is 3. The maximum absolute atomic E-state index is 13.0. The summed E-state index contributed by atoms with van der Waals surface area (Å²) in [7, 11) is 0. The Hall–Kier alpha value is -3.67. The lowest BCUT2D eigenvalue weighted by atomic mass is 9.97. The molecule has 0 spiro atoms. The Balaban J connectivity index is 2.46. The minimum absolute atomic E-state index is 0.156. The van der Waals surface area contributed by atoms with Crippen LogP contribution in [-0.4, -0.2) is 26.7 Å². The molecule has 6 heteroatoms. The van der Waals surface area contributed by atoms with E-state index in [2.05, 4.69) is 0 Å². The summed E-state index contributed by atoms with van der Waals surface area (Å²) in [6, 6.07) is 16.6. The van der Waals surface area contributed by atoms with E-state index in [0.29, 0.717) is 11.3 Å². The summed E-state index contributed by atoms with van der Waals surface area (Å²) in [4.78, 5) is 36.3. The predicted molar refractivity (Wildman–Crippen MR) is 91.4 cm³/mol. The fraction of sp³-hybridized carbons (Fsp3) is 0. The number of aromatic nitrogens is 1. The van der Waals surface area contributed by atoms with Gasteiger partial charge in [-0.25, -0.2) is 9.59 Å². The van der Waals surface area contributed by atoms with E-state index >= 15 is 0 Å². The van der Waals surface area contributed by atoms with Crippen molar-refractivity contribution in [2.45, 2.75) is 0 Å². The van der Waals surface area contributed by atoms with Gasteiger partial charge in [0.1, 0.15) is 0 Å². The third-order valence-electron chi connectivity index (χ3n) is 3.75. The number of carboxylic acids is 2. The highest BCUT2D eigenvalue weighted by atomic mass is 16.4. The Morgan fingerprint density at radius 2 is 1.36 bits per heavy atom. The first-order valence-electron chi connectivity index (χ1n) is 7.38. The molecule has 1 heterocycles. The van der Waals surface area contributed by atoms with Crippen LogP contribution >= 0.6 is 0 Å². The van der Waals surface area contributed by atoms with Crippen LogP contribution in [0.15, 0.2) is 71.7 Å². The molecular formula is C19H13NO5. The van der Waals surface area contributed by atoms with Gasteiger partial charge in [0.2, 0.25) is 0 Å². The molecular weight excluding hydrogens is 322 g/mol. The molecule has 0 radical (unpaired) electrons. The van der Waals surface area contributed by atoms with Crippen molar-refractivity contribution in [1.82, 2.24) is 4.57 Å². The highest BCUT2D eigenvalue weighted by molar-refractivity contribution is 6.06. The van der Waals surface area contributed by atoms with Crippen molar-refractivity contribution in [1.29, 1.82) is 0 Å². The minimum atomic E-state index is -1.46. The smallest absolute Gasteiger partial charge is 0.338 e. The molecule has 0 aliphatic rings. The number of benzene rings is 2. The van der Waals surface area contributed by atoms with Crippen LogP contribution in [0.2, 0.25) is 0 Å². The Bertz CT molecular complexity index is 1010. The van der Waals surface area contributed by atoms with Gasteiger partial charge in [-0.2, -0.15) is 0 Å². The lowest BCUT2D eigenvalue weighted by molar-refractivity contribution is 0.0651. The monoisotopic (exact) mass is 335 g/mol. The zero-order valence-electron chi connectivity index (χ0n) is 12.9. The lowest BCUT2D eigenvalue weighted by Gasteiger charge is -2.14. The largest absolute Gasteiger partial charge is 0.478 e. The molecule has 3 aromatic rings. The molecule has 3 rings (SSSR count).